The first-order valence-electron chi connectivity index (χ1n) is 8.59. The summed E-state index contributed by atoms with van der Waals surface area (Å²) in [5.74, 6) is 0.0325. The van der Waals surface area contributed by atoms with Gasteiger partial charge in [0.15, 0.2) is 0 Å². The fraction of sp³-hybridized carbons (Fsp3) is 0.526. The minimum atomic E-state index is -0.489. The second kappa shape index (κ2) is 9.12. The molecule has 1 aliphatic rings. The lowest BCUT2D eigenvalue weighted by atomic mass is 10.0. The molecule has 8 heteroatoms. The zero-order valence-corrected chi connectivity index (χ0v) is 17.0. The summed E-state index contributed by atoms with van der Waals surface area (Å²) in [7, 11) is 2.64. The Morgan fingerprint density at radius 1 is 0.889 bits per heavy atom. The van der Waals surface area contributed by atoms with Gasteiger partial charge in [-0.15, -0.1) is 0 Å². The number of esters is 3. The van der Waals surface area contributed by atoms with Crippen molar-refractivity contribution in [2.75, 3.05) is 14.2 Å². The van der Waals surface area contributed by atoms with Gasteiger partial charge < -0.3 is 18.9 Å². The van der Waals surface area contributed by atoms with Crippen molar-refractivity contribution in [3.05, 3.63) is 16.7 Å². The maximum atomic E-state index is 12.1. The zero-order valence-electron chi connectivity index (χ0n) is 16.2. The second-order valence-electron chi connectivity index (χ2n) is 6.19. The lowest BCUT2D eigenvalue weighted by Crippen LogP contribution is -2.13. The molecule has 0 saturated carbocycles. The molecule has 1 heterocycles. The first-order valence-corrected chi connectivity index (χ1v) is 9.47. The number of methoxy groups -OCH3 is 2. The van der Waals surface area contributed by atoms with Crippen LogP contribution in [-0.2, 0) is 23.9 Å². The monoisotopic (exact) mass is 396 g/mol. The largest absolute Gasteiger partial charge is 0.478 e. The van der Waals surface area contributed by atoms with Crippen LogP contribution < -0.4 is 9.47 Å². The molecule has 0 fully saturated rings. The van der Waals surface area contributed by atoms with Gasteiger partial charge in [0.25, 0.3) is 0 Å². The van der Waals surface area contributed by atoms with Crippen LogP contribution in [0, 0.1) is 20.8 Å². The molecule has 1 aromatic rings. The highest BCUT2D eigenvalue weighted by atomic mass is 32.2. The maximum absolute atomic E-state index is 12.1. The summed E-state index contributed by atoms with van der Waals surface area (Å²) in [4.78, 5) is 35.6. The van der Waals surface area contributed by atoms with Crippen LogP contribution in [-0.4, -0.2) is 37.6 Å². The highest BCUT2D eigenvalue weighted by Crippen LogP contribution is 2.50. The minimum Gasteiger partial charge on any atom is -0.478 e. The highest BCUT2D eigenvalue weighted by Gasteiger charge is 2.31. The number of fused-ring (bicyclic) bond motifs is 1. The molecule has 0 spiro atoms. The van der Waals surface area contributed by atoms with Crippen molar-refractivity contribution in [3.8, 4) is 11.5 Å². The molecule has 2 rings (SSSR count). The van der Waals surface area contributed by atoms with Gasteiger partial charge in [0.05, 0.1) is 32.0 Å². The lowest BCUT2D eigenvalue weighted by Gasteiger charge is -2.16. The summed E-state index contributed by atoms with van der Waals surface area (Å²) >= 11 is 1.51. The molecule has 0 radical (unpaired) electrons. The smallest absolute Gasteiger partial charge is 0.311 e. The van der Waals surface area contributed by atoms with Gasteiger partial charge in [-0.1, -0.05) is 11.8 Å². The lowest BCUT2D eigenvalue weighted by molar-refractivity contribution is -0.144. The molecule has 148 valence electrons. The van der Waals surface area contributed by atoms with Crippen LogP contribution in [0.2, 0.25) is 0 Å². The van der Waals surface area contributed by atoms with Gasteiger partial charge in [-0.05, 0) is 31.9 Å². The van der Waals surface area contributed by atoms with Gasteiger partial charge in [0.2, 0.25) is 0 Å². The van der Waals surface area contributed by atoms with E-state index in [1.807, 2.05) is 20.8 Å². The van der Waals surface area contributed by atoms with E-state index >= 15 is 0 Å². The Labute approximate surface area is 162 Å². The topological polar surface area (TPSA) is 88.1 Å². The van der Waals surface area contributed by atoms with E-state index in [0.29, 0.717) is 12.2 Å². The average molecular weight is 396 g/mol. The van der Waals surface area contributed by atoms with Crippen molar-refractivity contribution in [1.29, 1.82) is 0 Å². The summed E-state index contributed by atoms with van der Waals surface area (Å²) in [5, 5.41) is 0. The Bertz CT molecular complexity index is 757. The number of carbonyl (C=O) groups is 3. The van der Waals surface area contributed by atoms with Crippen LogP contribution in [0.4, 0.5) is 0 Å². The summed E-state index contributed by atoms with van der Waals surface area (Å²) in [5.41, 5.74) is 2.32. The van der Waals surface area contributed by atoms with Gasteiger partial charge in [0, 0.05) is 18.4 Å². The maximum Gasteiger partial charge on any atom is 0.311 e. The van der Waals surface area contributed by atoms with Crippen LogP contribution >= 0.6 is 11.8 Å². The van der Waals surface area contributed by atoms with Gasteiger partial charge in [-0.2, -0.15) is 0 Å². The number of ether oxygens (including phenoxy) is 4. The Morgan fingerprint density at radius 3 is 2.11 bits per heavy atom. The number of rotatable bonds is 7. The Hall–Kier alpha value is -2.22. The minimum absolute atomic E-state index is 0.0230. The molecule has 1 unspecified atom stereocenters. The third-order valence-corrected chi connectivity index (χ3v) is 5.74. The van der Waals surface area contributed by atoms with Crippen LogP contribution in [0.1, 0.15) is 42.4 Å². The average Bonchev–Trinajstić information content (AvgIpc) is 3.10. The number of carbonyl (C=O) groups excluding carboxylic acids is 3. The molecule has 0 amide bonds. The molecule has 7 nitrogen and oxygen atoms in total. The van der Waals surface area contributed by atoms with Crippen molar-refractivity contribution >= 4 is 29.7 Å². The van der Waals surface area contributed by atoms with Crippen LogP contribution in [0.25, 0.3) is 0 Å². The van der Waals surface area contributed by atoms with E-state index < -0.39 is 11.9 Å². The summed E-state index contributed by atoms with van der Waals surface area (Å²) in [6, 6.07) is 0. The molecule has 0 aromatic heterocycles. The normalized spacial score (nSPS) is 14.9. The Morgan fingerprint density at radius 2 is 1.48 bits per heavy atom. The van der Waals surface area contributed by atoms with Crippen LogP contribution in [0.3, 0.4) is 0 Å². The molecule has 1 atom stereocenters. The molecule has 27 heavy (non-hydrogen) atoms. The molecule has 0 bridgehead atoms. The van der Waals surface area contributed by atoms with E-state index in [4.69, 9.17) is 9.47 Å². The van der Waals surface area contributed by atoms with Crippen molar-refractivity contribution in [3.63, 3.8) is 0 Å². The fourth-order valence-electron chi connectivity index (χ4n) is 2.72. The summed E-state index contributed by atoms with van der Waals surface area (Å²) < 4.78 is 20.7. The van der Waals surface area contributed by atoms with E-state index in [2.05, 4.69) is 9.47 Å². The molecular weight excluding hydrogens is 372 g/mol. The van der Waals surface area contributed by atoms with Crippen molar-refractivity contribution < 1.29 is 33.3 Å². The van der Waals surface area contributed by atoms with Gasteiger partial charge in [0.1, 0.15) is 16.9 Å². The van der Waals surface area contributed by atoms with E-state index in [1.165, 1.54) is 26.0 Å². The predicted octanol–water partition coefficient (Wildman–Crippen LogP) is 3.23. The number of thioether (sulfide) groups is 1. The predicted molar refractivity (Wildman–Crippen MR) is 99.1 cm³/mol. The fourth-order valence-corrected chi connectivity index (χ4v) is 3.94. The highest BCUT2D eigenvalue weighted by molar-refractivity contribution is 8.00. The second-order valence-corrected chi connectivity index (χ2v) is 7.36. The van der Waals surface area contributed by atoms with Crippen molar-refractivity contribution in [1.82, 2.24) is 0 Å². The molecular formula is C19H24O7S. The Balaban J connectivity index is 2.14. The summed E-state index contributed by atoms with van der Waals surface area (Å²) in [6.07, 6.45) is 0.727. The zero-order chi connectivity index (χ0) is 20.1. The van der Waals surface area contributed by atoms with Crippen molar-refractivity contribution in [2.45, 2.75) is 56.8 Å². The number of hydrogen-bond donors (Lipinski definition) is 0. The first kappa shape index (κ1) is 21.1. The molecule has 0 saturated heterocycles. The summed E-state index contributed by atoms with van der Waals surface area (Å²) in [6.45, 7) is 5.64. The first-order chi connectivity index (χ1) is 12.8. The van der Waals surface area contributed by atoms with Crippen molar-refractivity contribution in [2.24, 2.45) is 0 Å². The molecule has 0 aliphatic carbocycles. The van der Waals surface area contributed by atoms with E-state index in [0.717, 1.165) is 27.3 Å². The molecule has 1 aliphatic heterocycles. The van der Waals surface area contributed by atoms with Gasteiger partial charge >= 0.3 is 17.9 Å². The van der Waals surface area contributed by atoms with Gasteiger partial charge in [-0.3, -0.25) is 14.4 Å². The van der Waals surface area contributed by atoms with E-state index in [1.54, 1.807) is 0 Å². The standard InChI is InChI=1S/C19H24O7S/c1-10-11(2)18-19(27-16(26-18)9-8-14(21)24-5)12(3)17(10)25-15(22)7-6-13(20)23-4/h16H,6-9H2,1-5H3. The number of benzene rings is 1. The SMILES string of the molecule is COC(=O)CCC(=O)Oc1c(C)c(C)c2c(c1C)SC(CCC(=O)OC)O2. The van der Waals surface area contributed by atoms with E-state index in [-0.39, 0.29) is 30.7 Å². The van der Waals surface area contributed by atoms with Crippen LogP contribution in [0.5, 0.6) is 11.5 Å². The van der Waals surface area contributed by atoms with Gasteiger partial charge in [-0.25, -0.2) is 0 Å². The Kier molecular flexibility index (Phi) is 7.12. The third-order valence-electron chi connectivity index (χ3n) is 4.42. The van der Waals surface area contributed by atoms with Crippen LogP contribution in [0.15, 0.2) is 4.90 Å². The number of hydrogen-bond acceptors (Lipinski definition) is 8. The molecule has 0 N–H and O–H groups in total. The third kappa shape index (κ3) is 4.94. The quantitative estimate of drug-likeness (QED) is 0.513. The van der Waals surface area contributed by atoms with E-state index in [9.17, 15) is 14.4 Å². The molecule has 1 aromatic carbocycles.